The first kappa shape index (κ1) is 16.5. The first-order chi connectivity index (χ1) is 11.5. The van der Waals surface area contributed by atoms with Gasteiger partial charge >= 0.3 is 0 Å². The Morgan fingerprint density at radius 1 is 1.08 bits per heavy atom. The number of anilines is 1. The van der Waals surface area contributed by atoms with E-state index in [2.05, 4.69) is 15.9 Å². The highest BCUT2D eigenvalue weighted by molar-refractivity contribution is 9.10. The summed E-state index contributed by atoms with van der Waals surface area (Å²) in [6.07, 6.45) is 0. The number of carbonyl (C=O) groups is 1. The van der Waals surface area contributed by atoms with Crippen molar-refractivity contribution in [2.75, 3.05) is 18.6 Å². The molecule has 24 heavy (non-hydrogen) atoms. The maximum Gasteiger partial charge on any atom is 0.264 e. The van der Waals surface area contributed by atoms with Gasteiger partial charge in [-0.25, -0.2) is 4.39 Å². The predicted octanol–water partition coefficient (Wildman–Crippen LogP) is 4.78. The van der Waals surface area contributed by atoms with Crippen molar-refractivity contribution in [3.8, 4) is 5.75 Å². The summed E-state index contributed by atoms with van der Waals surface area (Å²) in [5.74, 6) is -0.166. The van der Waals surface area contributed by atoms with Crippen molar-refractivity contribution in [3.05, 3.63) is 71.0 Å². The molecule has 3 aromatic rings. The minimum Gasteiger partial charge on any atom is -0.484 e. The van der Waals surface area contributed by atoms with Crippen LogP contribution in [0.4, 0.5) is 10.1 Å². The number of ether oxygens (including phenoxy) is 1. The molecule has 0 N–H and O–H groups in total. The number of carbonyl (C=O) groups excluding carboxylic acids is 1. The summed E-state index contributed by atoms with van der Waals surface area (Å²) in [5, 5.41) is 2.09. The average molecular weight is 388 g/mol. The third-order valence-corrected chi connectivity index (χ3v) is 4.22. The van der Waals surface area contributed by atoms with Crippen LogP contribution < -0.4 is 9.64 Å². The van der Waals surface area contributed by atoms with Crippen molar-refractivity contribution in [1.29, 1.82) is 0 Å². The summed E-state index contributed by atoms with van der Waals surface area (Å²) in [7, 11) is 1.53. The maximum absolute atomic E-state index is 13.7. The summed E-state index contributed by atoms with van der Waals surface area (Å²) >= 11 is 3.43. The van der Waals surface area contributed by atoms with Gasteiger partial charge in [0.1, 0.15) is 11.6 Å². The van der Waals surface area contributed by atoms with E-state index >= 15 is 0 Å². The van der Waals surface area contributed by atoms with Crippen LogP contribution in [0.25, 0.3) is 10.8 Å². The third-order valence-electron chi connectivity index (χ3n) is 3.72. The highest BCUT2D eigenvalue weighted by atomic mass is 79.9. The van der Waals surface area contributed by atoms with E-state index in [-0.39, 0.29) is 18.2 Å². The fourth-order valence-electron chi connectivity index (χ4n) is 2.38. The van der Waals surface area contributed by atoms with Crippen LogP contribution in [0, 0.1) is 5.82 Å². The molecule has 0 saturated carbocycles. The van der Waals surface area contributed by atoms with Gasteiger partial charge in [0.25, 0.3) is 5.91 Å². The molecule has 0 fully saturated rings. The second-order valence-electron chi connectivity index (χ2n) is 5.35. The van der Waals surface area contributed by atoms with Gasteiger partial charge in [-0.3, -0.25) is 4.79 Å². The van der Waals surface area contributed by atoms with E-state index in [1.54, 1.807) is 18.2 Å². The largest absolute Gasteiger partial charge is 0.484 e. The Kier molecular flexibility index (Phi) is 4.81. The third kappa shape index (κ3) is 3.57. The zero-order valence-corrected chi connectivity index (χ0v) is 14.6. The number of nitrogens with zero attached hydrogens (tertiary/aromatic N) is 1. The molecule has 3 nitrogen and oxygen atoms in total. The van der Waals surface area contributed by atoms with Gasteiger partial charge < -0.3 is 9.64 Å². The standard InChI is InChI=1S/C19H15BrFNO2/c1-22(18-5-3-2-4-17(18)21)19(23)12-24-16-9-7-13-10-15(20)8-6-14(13)11-16/h2-11H,12H2,1H3. The fraction of sp³-hybridized carbons (Fsp3) is 0.105. The Balaban J connectivity index is 1.70. The monoisotopic (exact) mass is 387 g/mol. The van der Waals surface area contributed by atoms with E-state index in [1.807, 2.05) is 36.4 Å². The quantitative estimate of drug-likeness (QED) is 0.644. The van der Waals surface area contributed by atoms with Crippen LogP contribution in [0.2, 0.25) is 0 Å². The highest BCUT2D eigenvalue weighted by Gasteiger charge is 2.15. The molecule has 0 spiro atoms. The molecule has 0 bridgehead atoms. The van der Waals surface area contributed by atoms with Crippen LogP contribution in [0.5, 0.6) is 5.75 Å². The Morgan fingerprint density at radius 2 is 1.79 bits per heavy atom. The lowest BCUT2D eigenvalue weighted by atomic mass is 10.1. The van der Waals surface area contributed by atoms with Crippen molar-refractivity contribution in [2.45, 2.75) is 0 Å². The molecule has 5 heteroatoms. The molecule has 3 rings (SSSR count). The number of hydrogen-bond acceptors (Lipinski definition) is 2. The molecule has 0 atom stereocenters. The number of fused-ring (bicyclic) bond motifs is 1. The van der Waals surface area contributed by atoms with Gasteiger partial charge in [-0.15, -0.1) is 0 Å². The second-order valence-corrected chi connectivity index (χ2v) is 6.26. The molecule has 0 saturated heterocycles. The lowest BCUT2D eigenvalue weighted by Crippen LogP contribution is -2.31. The first-order valence-electron chi connectivity index (χ1n) is 7.38. The minimum absolute atomic E-state index is 0.160. The normalized spacial score (nSPS) is 10.6. The molecular formula is C19H15BrFNO2. The highest BCUT2D eigenvalue weighted by Crippen LogP contribution is 2.24. The molecule has 0 unspecified atom stereocenters. The van der Waals surface area contributed by atoms with Crippen molar-refractivity contribution in [1.82, 2.24) is 0 Å². The zero-order chi connectivity index (χ0) is 17.1. The van der Waals surface area contributed by atoms with Gasteiger partial charge in [-0.05, 0) is 47.2 Å². The summed E-state index contributed by atoms with van der Waals surface area (Å²) in [4.78, 5) is 13.5. The molecule has 122 valence electrons. The fourth-order valence-corrected chi connectivity index (χ4v) is 2.76. The lowest BCUT2D eigenvalue weighted by molar-refractivity contribution is -0.120. The topological polar surface area (TPSA) is 29.5 Å². The van der Waals surface area contributed by atoms with Gasteiger partial charge in [0.15, 0.2) is 6.61 Å². The predicted molar refractivity (Wildman–Crippen MR) is 97.0 cm³/mol. The maximum atomic E-state index is 13.7. The Labute approximate surface area is 147 Å². The molecule has 0 aliphatic carbocycles. The first-order valence-corrected chi connectivity index (χ1v) is 8.17. The van der Waals surface area contributed by atoms with E-state index in [0.29, 0.717) is 5.75 Å². The zero-order valence-electron chi connectivity index (χ0n) is 13.0. The number of amides is 1. The SMILES string of the molecule is CN(C(=O)COc1ccc2cc(Br)ccc2c1)c1ccccc1F. The van der Waals surface area contributed by atoms with Gasteiger partial charge in [0.2, 0.25) is 0 Å². The van der Waals surface area contributed by atoms with Crippen LogP contribution in [0.15, 0.2) is 65.1 Å². The van der Waals surface area contributed by atoms with Gasteiger partial charge in [-0.1, -0.05) is 40.2 Å². The van der Waals surface area contributed by atoms with E-state index in [9.17, 15) is 9.18 Å². The van der Waals surface area contributed by atoms with Crippen LogP contribution in [-0.2, 0) is 4.79 Å². The Hall–Kier alpha value is -2.40. The van der Waals surface area contributed by atoms with Crippen molar-refractivity contribution >= 4 is 38.3 Å². The molecule has 0 heterocycles. The van der Waals surface area contributed by atoms with Crippen LogP contribution in [0.1, 0.15) is 0 Å². The van der Waals surface area contributed by atoms with Crippen LogP contribution in [-0.4, -0.2) is 19.6 Å². The molecule has 0 aliphatic rings. The number of benzene rings is 3. The van der Waals surface area contributed by atoms with E-state index in [4.69, 9.17) is 4.74 Å². The molecule has 0 aliphatic heterocycles. The second kappa shape index (κ2) is 7.01. The van der Waals surface area contributed by atoms with E-state index in [0.717, 1.165) is 15.2 Å². The van der Waals surface area contributed by atoms with Crippen molar-refractivity contribution in [3.63, 3.8) is 0 Å². The summed E-state index contributed by atoms with van der Waals surface area (Å²) in [6.45, 7) is -0.160. The number of likely N-dealkylation sites (N-methyl/N-ethyl adjacent to an activating group) is 1. The molecule has 0 aromatic heterocycles. The average Bonchev–Trinajstić information content (AvgIpc) is 2.59. The Morgan fingerprint density at radius 3 is 2.58 bits per heavy atom. The number of hydrogen-bond donors (Lipinski definition) is 0. The summed E-state index contributed by atoms with van der Waals surface area (Å²) in [5.41, 5.74) is 0.231. The van der Waals surface area contributed by atoms with Gasteiger partial charge in [0.05, 0.1) is 5.69 Å². The molecule has 3 aromatic carbocycles. The number of halogens is 2. The molecule has 0 radical (unpaired) electrons. The summed E-state index contributed by atoms with van der Waals surface area (Å²) in [6, 6.07) is 17.7. The van der Waals surface area contributed by atoms with E-state index in [1.165, 1.54) is 18.0 Å². The number of para-hydroxylation sites is 1. The Bertz CT molecular complexity index is 897. The van der Waals surface area contributed by atoms with Gasteiger partial charge in [-0.2, -0.15) is 0 Å². The minimum atomic E-state index is -0.440. The van der Waals surface area contributed by atoms with E-state index < -0.39 is 5.82 Å². The summed E-state index contributed by atoms with van der Waals surface area (Å²) < 4.78 is 20.3. The molecule has 1 amide bonds. The molecular weight excluding hydrogens is 373 g/mol. The van der Waals surface area contributed by atoms with Crippen LogP contribution >= 0.6 is 15.9 Å². The van der Waals surface area contributed by atoms with Crippen molar-refractivity contribution < 1.29 is 13.9 Å². The smallest absolute Gasteiger partial charge is 0.264 e. The lowest BCUT2D eigenvalue weighted by Gasteiger charge is -2.18. The van der Waals surface area contributed by atoms with Gasteiger partial charge in [0, 0.05) is 11.5 Å². The van der Waals surface area contributed by atoms with Crippen LogP contribution in [0.3, 0.4) is 0 Å². The number of rotatable bonds is 4. The van der Waals surface area contributed by atoms with Crippen molar-refractivity contribution in [2.24, 2.45) is 0 Å².